The summed E-state index contributed by atoms with van der Waals surface area (Å²) in [4.78, 5) is 24.8. The number of rotatable bonds is 3. The molecule has 0 fully saturated rings. The summed E-state index contributed by atoms with van der Waals surface area (Å²) in [6.07, 6.45) is 1.31. The molecule has 2 heterocycles. The lowest BCUT2D eigenvalue weighted by atomic mass is 10.1. The number of fused-ring (bicyclic) bond motifs is 1. The maximum absolute atomic E-state index is 13.4. The molecule has 2 aromatic carbocycles. The van der Waals surface area contributed by atoms with Crippen LogP contribution < -0.4 is 10.6 Å². The number of nitrogens with zero attached hydrogens (tertiary/aromatic N) is 2. The second kappa shape index (κ2) is 6.84. The lowest BCUT2D eigenvalue weighted by Crippen LogP contribution is -2.35. The first-order valence-electron chi connectivity index (χ1n) is 8.32. The van der Waals surface area contributed by atoms with Gasteiger partial charge in [-0.3, -0.25) is 9.59 Å². The summed E-state index contributed by atoms with van der Waals surface area (Å²) in [7, 11) is 0. The number of aromatic nitrogens is 2. The van der Waals surface area contributed by atoms with Crippen molar-refractivity contribution in [2.75, 3.05) is 10.6 Å². The van der Waals surface area contributed by atoms with E-state index >= 15 is 0 Å². The van der Waals surface area contributed by atoms with Crippen LogP contribution in [-0.2, 0) is 9.59 Å². The second-order valence-corrected chi connectivity index (χ2v) is 6.23. The lowest BCUT2D eigenvalue weighted by molar-refractivity contribution is -0.125. The molecular formula is C19H13F3N4O2. The molecule has 4 rings (SSSR count). The molecule has 0 spiro atoms. The summed E-state index contributed by atoms with van der Waals surface area (Å²) < 4.78 is 41.2. The van der Waals surface area contributed by atoms with Gasteiger partial charge in [0.05, 0.1) is 12.6 Å². The number of carbonyl (C=O) groups excluding carboxylic acids is 2. The second-order valence-electron chi connectivity index (χ2n) is 6.23. The zero-order valence-corrected chi connectivity index (χ0v) is 14.2. The van der Waals surface area contributed by atoms with Crippen LogP contribution in [0.4, 0.5) is 24.7 Å². The Morgan fingerprint density at radius 1 is 1.14 bits per heavy atom. The molecule has 2 N–H and O–H groups in total. The predicted octanol–water partition coefficient (Wildman–Crippen LogP) is 3.49. The number of carbonyl (C=O) groups is 2. The zero-order chi connectivity index (χ0) is 19.8. The van der Waals surface area contributed by atoms with E-state index in [0.717, 1.165) is 5.56 Å². The summed E-state index contributed by atoms with van der Waals surface area (Å²) in [6.45, 7) is 0. The molecular weight excluding hydrogens is 373 g/mol. The largest absolute Gasteiger partial charge is 0.324 e. The van der Waals surface area contributed by atoms with Crippen LogP contribution in [0.1, 0.15) is 12.5 Å². The Balaban J connectivity index is 1.66. The van der Waals surface area contributed by atoms with Gasteiger partial charge in [0.1, 0.15) is 11.9 Å². The summed E-state index contributed by atoms with van der Waals surface area (Å²) >= 11 is 0. The third kappa shape index (κ3) is 3.11. The minimum absolute atomic E-state index is 0.207. The Morgan fingerprint density at radius 2 is 1.82 bits per heavy atom. The number of benzene rings is 2. The van der Waals surface area contributed by atoms with E-state index in [-0.39, 0.29) is 12.1 Å². The van der Waals surface area contributed by atoms with Gasteiger partial charge < -0.3 is 10.6 Å². The normalized spacial score (nSPS) is 15.7. The van der Waals surface area contributed by atoms with E-state index in [1.807, 2.05) is 30.3 Å². The summed E-state index contributed by atoms with van der Waals surface area (Å²) in [5, 5.41) is 9.19. The molecule has 1 aliphatic rings. The summed E-state index contributed by atoms with van der Waals surface area (Å²) in [6, 6.07) is 9.46. The van der Waals surface area contributed by atoms with Crippen LogP contribution in [0.5, 0.6) is 0 Å². The van der Waals surface area contributed by atoms with E-state index in [1.54, 1.807) is 0 Å². The average Bonchev–Trinajstić information content (AvgIpc) is 3.09. The van der Waals surface area contributed by atoms with E-state index in [0.29, 0.717) is 23.5 Å². The first-order chi connectivity index (χ1) is 13.4. The number of halogens is 3. The molecule has 0 radical (unpaired) electrons. The van der Waals surface area contributed by atoms with Crippen LogP contribution in [0, 0.1) is 17.5 Å². The molecule has 28 heavy (non-hydrogen) atoms. The van der Waals surface area contributed by atoms with Gasteiger partial charge in [-0.1, -0.05) is 30.3 Å². The lowest BCUT2D eigenvalue weighted by Gasteiger charge is -2.24. The molecule has 3 aromatic rings. The van der Waals surface area contributed by atoms with Gasteiger partial charge in [-0.05, 0) is 5.56 Å². The molecule has 0 bridgehead atoms. The SMILES string of the molecule is O=C1C[C@H](C(=O)Nc2cc(F)c(F)c(F)c2)n2ncc(-c3ccccc3)c2N1. The number of nitrogens with one attached hydrogen (secondary N) is 2. The van der Waals surface area contributed by atoms with Crippen LogP contribution in [0.15, 0.2) is 48.7 Å². The Kier molecular flexibility index (Phi) is 4.34. The molecule has 2 amide bonds. The molecule has 0 saturated heterocycles. The highest BCUT2D eigenvalue weighted by atomic mass is 19.2. The average molecular weight is 386 g/mol. The van der Waals surface area contributed by atoms with Gasteiger partial charge in [0.15, 0.2) is 17.5 Å². The summed E-state index contributed by atoms with van der Waals surface area (Å²) in [5.41, 5.74) is 1.17. The van der Waals surface area contributed by atoms with Crippen LogP contribution in [-0.4, -0.2) is 21.6 Å². The van der Waals surface area contributed by atoms with Gasteiger partial charge in [-0.25, -0.2) is 17.9 Å². The highest BCUT2D eigenvalue weighted by Gasteiger charge is 2.33. The van der Waals surface area contributed by atoms with Gasteiger partial charge in [-0.2, -0.15) is 5.10 Å². The van der Waals surface area contributed by atoms with E-state index in [2.05, 4.69) is 15.7 Å². The predicted molar refractivity (Wildman–Crippen MR) is 94.9 cm³/mol. The first kappa shape index (κ1) is 17.8. The zero-order valence-electron chi connectivity index (χ0n) is 14.2. The third-order valence-corrected chi connectivity index (χ3v) is 4.37. The number of hydrogen-bond acceptors (Lipinski definition) is 3. The van der Waals surface area contributed by atoms with Crippen molar-refractivity contribution in [1.82, 2.24) is 9.78 Å². The molecule has 0 aliphatic carbocycles. The van der Waals surface area contributed by atoms with Crippen LogP contribution in [0.3, 0.4) is 0 Å². The smallest absolute Gasteiger partial charge is 0.249 e. The van der Waals surface area contributed by atoms with Gasteiger partial charge in [-0.15, -0.1) is 0 Å². The van der Waals surface area contributed by atoms with Crippen LogP contribution >= 0.6 is 0 Å². The fraction of sp³-hybridized carbons (Fsp3) is 0.105. The number of anilines is 2. The van der Waals surface area contributed by atoms with Gasteiger partial charge in [0.25, 0.3) is 0 Å². The quantitative estimate of drug-likeness (QED) is 0.677. The standard InChI is InChI=1S/C19H13F3N4O2/c20-13-6-11(7-14(21)17(13)22)24-19(28)15-8-16(27)25-18-12(9-23-26(15)18)10-4-2-1-3-5-10/h1-7,9,15H,8H2,(H,24,28)(H,25,27)/t15-/m1/s1. The van der Waals surface area contributed by atoms with E-state index in [4.69, 9.17) is 0 Å². The Bertz CT molecular complexity index is 1060. The molecule has 142 valence electrons. The maximum Gasteiger partial charge on any atom is 0.249 e. The van der Waals surface area contributed by atoms with Crippen molar-refractivity contribution in [3.63, 3.8) is 0 Å². The van der Waals surface area contributed by atoms with Gasteiger partial charge in [0, 0.05) is 23.4 Å². The maximum atomic E-state index is 13.4. The van der Waals surface area contributed by atoms with Gasteiger partial charge >= 0.3 is 0 Å². The highest BCUT2D eigenvalue weighted by molar-refractivity contribution is 6.03. The first-order valence-corrected chi connectivity index (χ1v) is 8.32. The van der Waals surface area contributed by atoms with Crippen molar-refractivity contribution < 1.29 is 22.8 Å². The van der Waals surface area contributed by atoms with Gasteiger partial charge in [0.2, 0.25) is 11.8 Å². The van der Waals surface area contributed by atoms with Crippen LogP contribution in [0.25, 0.3) is 11.1 Å². The Labute approximate surface area is 157 Å². The minimum atomic E-state index is -1.63. The minimum Gasteiger partial charge on any atom is -0.324 e. The van der Waals surface area contributed by atoms with E-state index < -0.39 is 35.3 Å². The van der Waals surface area contributed by atoms with Crippen molar-refractivity contribution in [3.05, 3.63) is 66.1 Å². The Hall–Kier alpha value is -3.62. The number of amides is 2. The molecule has 6 nitrogen and oxygen atoms in total. The number of hydrogen-bond donors (Lipinski definition) is 2. The summed E-state index contributed by atoms with van der Waals surface area (Å²) in [5.74, 6) is -5.24. The fourth-order valence-corrected chi connectivity index (χ4v) is 3.05. The van der Waals surface area contributed by atoms with E-state index in [1.165, 1.54) is 10.9 Å². The van der Waals surface area contributed by atoms with Crippen molar-refractivity contribution in [2.45, 2.75) is 12.5 Å². The third-order valence-electron chi connectivity index (χ3n) is 4.37. The molecule has 0 saturated carbocycles. The Morgan fingerprint density at radius 3 is 2.50 bits per heavy atom. The fourth-order valence-electron chi connectivity index (χ4n) is 3.05. The van der Waals surface area contributed by atoms with Crippen LogP contribution in [0.2, 0.25) is 0 Å². The van der Waals surface area contributed by atoms with Crippen molar-refractivity contribution in [1.29, 1.82) is 0 Å². The molecule has 1 atom stereocenters. The molecule has 1 aromatic heterocycles. The molecule has 9 heteroatoms. The van der Waals surface area contributed by atoms with E-state index in [9.17, 15) is 22.8 Å². The van der Waals surface area contributed by atoms with Crippen molar-refractivity contribution >= 4 is 23.3 Å². The monoisotopic (exact) mass is 386 g/mol. The molecule has 1 aliphatic heterocycles. The molecule has 0 unspecified atom stereocenters. The highest BCUT2D eigenvalue weighted by Crippen LogP contribution is 2.34. The topological polar surface area (TPSA) is 76.0 Å². The van der Waals surface area contributed by atoms with Crippen molar-refractivity contribution in [2.24, 2.45) is 0 Å². The van der Waals surface area contributed by atoms with Crippen molar-refractivity contribution in [3.8, 4) is 11.1 Å².